The van der Waals surface area contributed by atoms with E-state index >= 15 is 0 Å². The number of thiophene rings is 1. The van der Waals surface area contributed by atoms with Crippen molar-refractivity contribution in [1.82, 2.24) is 0 Å². The number of rotatable bonds is 3. The van der Waals surface area contributed by atoms with Gasteiger partial charge in [-0.3, -0.25) is 0 Å². The van der Waals surface area contributed by atoms with Crippen LogP contribution in [-0.2, 0) is 0 Å². The van der Waals surface area contributed by atoms with Gasteiger partial charge in [0.15, 0.2) is 0 Å². The van der Waals surface area contributed by atoms with Crippen molar-refractivity contribution in [2.45, 2.75) is 0 Å². The Morgan fingerprint density at radius 2 is 1.02 bits per heavy atom. The fourth-order valence-electron chi connectivity index (χ4n) is 8.86. The van der Waals surface area contributed by atoms with Gasteiger partial charge < -0.3 is 8.83 Å². The van der Waals surface area contributed by atoms with Crippen molar-refractivity contribution < 1.29 is 8.83 Å². The molecule has 246 valence electrons. The van der Waals surface area contributed by atoms with Crippen molar-refractivity contribution in [3.63, 3.8) is 0 Å². The van der Waals surface area contributed by atoms with Crippen molar-refractivity contribution in [2.75, 3.05) is 0 Å². The van der Waals surface area contributed by atoms with E-state index in [4.69, 9.17) is 8.83 Å². The Labute approximate surface area is 307 Å². The standard InChI is InChI=1S/C50H28O2S/c1-2-12-29(13-3-1)40-28-51-42-25-24-38-33-23-22-31(27-44(33)53-50(38)48(40)42)45-34-16-6-8-18-36(34)46(37-19-9-7-17-35(37)45)49-32-15-5-4-14-30(32)26-43-47(49)39-20-10-11-21-41(39)52-43/h1-28H. The molecule has 0 radical (unpaired) electrons. The van der Waals surface area contributed by atoms with E-state index in [1.807, 2.05) is 17.6 Å². The van der Waals surface area contributed by atoms with Crippen molar-refractivity contribution in [1.29, 1.82) is 0 Å². The van der Waals surface area contributed by atoms with E-state index in [9.17, 15) is 0 Å². The van der Waals surface area contributed by atoms with Gasteiger partial charge in [-0.1, -0.05) is 133 Å². The summed E-state index contributed by atoms with van der Waals surface area (Å²) in [5.41, 5.74) is 9.98. The van der Waals surface area contributed by atoms with Gasteiger partial charge in [0.25, 0.3) is 0 Å². The van der Waals surface area contributed by atoms with E-state index < -0.39 is 0 Å². The molecule has 0 saturated heterocycles. The van der Waals surface area contributed by atoms with Crippen molar-refractivity contribution >= 4 is 96.7 Å². The summed E-state index contributed by atoms with van der Waals surface area (Å²) in [5.74, 6) is 0. The van der Waals surface area contributed by atoms with Gasteiger partial charge in [-0.2, -0.15) is 0 Å². The van der Waals surface area contributed by atoms with Crippen LogP contribution in [-0.4, -0.2) is 0 Å². The molecule has 0 fully saturated rings. The molecule has 53 heavy (non-hydrogen) atoms. The molecule has 3 aromatic heterocycles. The predicted octanol–water partition coefficient (Wildman–Crippen LogP) is 15.2. The molecule has 0 bridgehead atoms. The highest BCUT2D eigenvalue weighted by atomic mass is 32.1. The largest absolute Gasteiger partial charge is 0.464 e. The molecule has 9 aromatic carbocycles. The predicted molar refractivity (Wildman–Crippen MR) is 225 cm³/mol. The van der Waals surface area contributed by atoms with Crippen LogP contribution in [0.3, 0.4) is 0 Å². The molecular formula is C50H28O2S. The van der Waals surface area contributed by atoms with Crippen LogP contribution in [0.25, 0.3) is 119 Å². The Bertz CT molecular complexity index is 3390. The SMILES string of the molecule is c1ccc(-c2coc3ccc4c5ccc(-c6c7ccccc7c(-c7c8ccccc8cc8oc9ccccc9c78)c7ccccc67)cc5sc4c23)cc1. The first kappa shape index (κ1) is 29.0. The lowest BCUT2D eigenvalue weighted by Gasteiger charge is -2.19. The summed E-state index contributed by atoms with van der Waals surface area (Å²) in [7, 11) is 0. The number of para-hydroxylation sites is 1. The maximum atomic E-state index is 6.55. The van der Waals surface area contributed by atoms with E-state index in [1.54, 1.807) is 0 Å². The van der Waals surface area contributed by atoms with E-state index in [-0.39, 0.29) is 0 Å². The lowest BCUT2D eigenvalue weighted by molar-refractivity contribution is 0.617. The fourth-order valence-corrected chi connectivity index (χ4v) is 10.2. The second-order valence-electron chi connectivity index (χ2n) is 13.9. The van der Waals surface area contributed by atoms with Crippen LogP contribution in [0.1, 0.15) is 0 Å². The molecule has 12 rings (SSSR count). The first-order valence-corrected chi connectivity index (χ1v) is 18.8. The Morgan fingerprint density at radius 1 is 0.377 bits per heavy atom. The van der Waals surface area contributed by atoms with Crippen LogP contribution in [0.2, 0.25) is 0 Å². The Balaban J connectivity index is 1.17. The molecule has 0 aliphatic rings. The molecule has 0 aliphatic carbocycles. The minimum absolute atomic E-state index is 0.907. The lowest BCUT2D eigenvalue weighted by atomic mass is 9.83. The molecule has 3 heteroatoms. The summed E-state index contributed by atoms with van der Waals surface area (Å²) in [4.78, 5) is 0. The van der Waals surface area contributed by atoms with Gasteiger partial charge in [0.05, 0.1) is 6.26 Å². The zero-order valence-electron chi connectivity index (χ0n) is 28.4. The van der Waals surface area contributed by atoms with Gasteiger partial charge in [-0.15, -0.1) is 11.3 Å². The topological polar surface area (TPSA) is 26.3 Å². The molecule has 0 amide bonds. The van der Waals surface area contributed by atoms with Crippen molar-refractivity contribution in [2.24, 2.45) is 0 Å². The molecule has 0 N–H and O–H groups in total. The van der Waals surface area contributed by atoms with Crippen LogP contribution in [0.5, 0.6) is 0 Å². The second kappa shape index (κ2) is 10.9. The van der Waals surface area contributed by atoms with E-state index in [2.05, 4.69) is 164 Å². The monoisotopic (exact) mass is 692 g/mol. The third-order valence-electron chi connectivity index (χ3n) is 11.1. The van der Waals surface area contributed by atoms with Gasteiger partial charge in [0.2, 0.25) is 0 Å². The number of furan rings is 2. The van der Waals surface area contributed by atoms with Crippen LogP contribution in [0.15, 0.2) is 179 Å². The highest BCUT2D eigenvalue weighted by Gasteiger charge is 2.23. The van der Waals surface area contributed by atoms with Crippen molar-refractivity contribution in [3.8, 4) is 33.4 Å². The molecule has 2 nitrogen and oxygen atoms in total. The normalized spacial score (nSPS) is 12.2. The summed E-state index contributed by atoms with van der Waals surface area (Å²) in [6, 6.07) is 59.2. The number of hydrogen-bond acceptors (Lipinski definition) is 3. The van der Waals surface area contributed by atoms with Crippen LogP contribution < -0.4 is 0 Å². The van der Waals surface area contributed by atoms with Gasteiger partial charge in [0, 0.05) is 47.5 Å². The number of benzene rings is 9. The van der Waals surface area contributed by atoms with E-state index in [1.165, 1.54) is 85.7 Å². The third-order valence-corrected chi connectivity index (χ3v) is 12.3. The maximum Gasteiger partial charge on any atom is 0.136 e. The quantitative estimate of drug-likeness (QED) is 0.172. The fraction of sp³-hybridized carbons (Fsp3) is 0. The number of hydrogen-bond donors (Lipinski definition) is 0. The second-order valence-corrected chi connectivity index (χ2v) is 15.0. The molecule has 0 aliphatic heterocycles. The highest BCUT2D eigenvalue weighted by Crippen LogP contribution is 2.50. The van der Waals surface area contributed by atoms with Crippen molar-refractivity contribution in [3.05, 3.63) is 170 Å². The molecule has 0 unspecified atom stereocenters. The Morgan fingerprint density at radius 3 is 1.79 bits per heavy atom. The summed E-state index contributed by atoms with van der Waals surface area (Å²) >= 11 is 1.86. The van der Waals surface area contributed by atoms with Crippen LogP contribution in [0, 0.1) is 0 Å². The van der Waals surface area contributed by atoms with E-state index in [0.717, 1.165) is 33.1 Å². The average molecular weight is 693 g/mol. The first-order valence-electron chi connectivity index (χ1n) is 18.0. The molecule has 0 spiro atoms. The smallest absolute Gasteiger partial charge is 0.136 e. The summed E-state index contributed by atoms with van der Waals surface area (Å²) < 4.78 is 15.2. The van der Waals surface area contributed by atoms with Gasteiger partial charge >= 0.3 is 0 Å². The highest BCUT2D eigenvalue weighted by molar-refractivity contribution is 7.26. The van der Waals surface area contributed by atoms with Gasteiger partial charge in [-0.05, 0) is 84.9 Å². The Kier molecular flexibility index (Phi) is 5.96. The van der Waals surface area contributed by atoms with E-state index in [0.29, 0.717) is 0 Å². The Hall–Kier alpha value is -6.68. The molecular weight excluding hydrogens is 665 g/mol. The summed E-state index contributed by atoms with van der Waals surface area (Å²) in [6.45, 7) is 0. The average Bonchev–Trinajstić information content (AvgIpc) is 3.92. The van der Waals surface area contributed by atoms with Gasteiger partial charge in [0.1, 0.15) is 16.7 Å². The molecule has 0 saturated carbocycles. The first-order chi connectivity index (χ1) is 26.3. The maximum absolute atomic E-state index is 6.55. The molecule has 0 atom stereocenters. The third kappa shape index (κ3) is 4.08. The number of fused-ring (bicyclic) bond motifs is 11. The summed E-state index contributed by atoms with van der Waals surface area (Å²) in [6.07, 6.45) is 1.91. The van der Waals surface area contributed by atoms with Gasteiger partial charge in [-0.25, -0.2) is 0 Å². The zero-order valence-corrected chi connectivity index (χ0v) is 29.2. The minimum atomic E-state index is 0.907. The zero-order chi connectivity index (χ0) is 34.6. The molecule has 12 aromatic rings. The minimum Gasteiger partial charge on any atom is -0.464 e. The lowest BCUT2D eigenvalue weighted by Crippen LogP contribution is -1.92. The summed E-state index contributed by atoms with van der Waals surface area (Å²) in [5, 5.41) is 13.3. The van der Waals surface area contributed by atoms with Crippen LogP contribution in [0.4, 0.5) is 0 Å². The molecule has 3 heterocycles. The van der Waals surface area contributed by atoms with Crippen LogP contribution >= 0.6 is 11.3 Å².